The Morgan fingerprint density at radius 2 is 1.96 bits per heavy atom. The van der Waals surface area contributed by atoms with Crippen LogP contribution in [-0.2, 0) is 13.0 Å². The third kappa shape index (κ3) is 3.65. The minimum atomic E-state index is -0.0216. The molecule has 0 bridgehead atoms. The van der Waals surface area contributed by atoms with Crippen molar-refractivity contribution in [2.45, 2.75) is 38.6 Å². The summed E-state index contributed by atoms with van der Waals surface area (Å²) in [6.07, 6.45) is 7.78. The molecule has 0 unspecified atom stereocenters. The van der Waals surface area contributed by atoms with Gasteiger partial charge in [-0.3, -0.25) is 4.79 Å². The summed E-state index contributed by atoms with van der Waals surface area (Å²) in [4.78, 5) is 23.3. The van der Waals surface area contributed by atoms with Crippen LogP contribution in [0.4, 0.5) is 0 Å². The first kappa shape index (κ1) is 17.5. The summed E-state index contributed by atoms with van der Waals surface area (Å²) >= 11 is 0. The van der Waals surface area contributed by atoms with Gasteiger partial charge in [0.25, 0.3) is 5.91 Å². The van der Waals surface area contributed by atoms with Gasteiger partial charge in [0.15, 0.2) is 12.1 Å². The van der Waals surface area contributed by atoms with Crippen molar-refractivity contribution in [3.05, 3.63) is 72.0 Å². The molecule has 27 heavy (non-hydrogen) atoms. The lowest BCUT2D eigenvalue weighted by atomic mass is 9.95. The smallest absolute Gasteiger partial charge is 0.276 e. The average Bonchev–Trinajstić information content (AvgIpc) is 3.37. The van der Waals surface area contributed by atoms with Gasteiger partial charge in [0.05, 0.1) is 0 Å². The molecule has 4 rings (SSSR count). The number of hydrogen-bond donors (Lipinski definition) is 0. The van der Waals surface area contributed by atoms with E-state index in [-0.39, 0.29) is 5.91 Å². The number of carbonyl (C=O) groups is 1. The molecule has 0 atom stereocenters. The number of rotatable bonds is 5. The van der Waals surface area contributed by atoms with Crippen LogP contribution >= 0.6 is 0 Å². The molecule has 6 heteroatoms. The second kappa shape index (κ2) is 7.78. The number of piperidine rings is 1. The maximum Gasteiger partial charge on any atom is 0.276 e. The van der Waals surface area contributed by atoms with Crippen LogP contribution in [0, 0.1) is 0 Å². The van der Waals surface area contributed by atoms with E-state index in [0.717, 1.165) is 38.3 Å². The fourth-order valence-corrected chi connectivity index (χ4v) is 3.78. The summed E-state index contributed by atoms with van der Waals surface area (Å²) in [6, 6.07) is 10.4. The maximum absolute atomic E-state index is 12.7. The summed E-state index contributed by atoms with van der Waals surface area (Å²) in [5.41, 5.74) is 1.73. The Bertz CT molecular complexity index is 892. The molecule has 3 aromatic rings. The van der Waals surface area contributed by atoms with Gasteiger partial charge in [-0.15, -0.1) is 0 Å². The predicted molar refractivity (Wildman–Crippen MR) is 102 cm³/mol. The molecular formula is C21H24N4O2. The molecule has 1 fully saturated rings. The molecule has 140 valence electrons. The largest absolute Gasteiger partial charge is 0.448 e. The quantitative estimate of drug-likeness (QED) is 0.695. The van der Waals surface area contributed by atoms with E-state index in [1.54, 1.807) is 0 Å². The van der Waals surface area contributed by atoms with Crippen molar-refractivity contribution in [3.63, 3.8) is 0 Å². The molecule has 3 heterocycles. The molecule has 1 aliphatic heterocycles. The van der Waals surface area contributed by atoms with Crippen molar-refractivity contribution < 1.29 is 9.21 Å². The van der Waals surface area contributed by atoms with Gasteiger partial charge >= 0.3 is 0 Å². The Kier molecular flexibility index (Phi) is 5.05. The minimum Gasteiger partial charge on any atom is -0.448 e. The first-order valence-electron chi connectivity index (χ1n) is 9.53. The number of hydrogen-bond acceptors (Lipinski definition) is 4. The summed E-state index contributed by atoms with van der Waals surface area (Å²) in [6.45, 7) is 4.24. The van der Waals surface area contributed by atoms with Gasteiger partial charge in [-0.25, -0.2) is 9.97 Å². The van der Waals surface area contributed by atoms with Crippen molar-refractivity contribution in [1.29, 1.82) is 0 Å². The lowest BCUT2D eigenvalue weighted by molar-refractivity contribution is 0.0703. The zero-order chi connectivity index (χ0) is 18.6. The zero-order valence-corrected chi connectivity index (χ0v) is 15.5. The van der Waals surface area contributed by atoms with Gasteiger partial charge in [0, 0.05) is 44.4 Å². The van der Waals surface area contributed by atoms with Gasteiger partial charge in [-0.2, -0.15) is 0 Å². The number of likely N-dealkylation sites (tertiary alicyclic amines) is 1. The number of imidazole rings is 1. The van der Waals surface area contributed by atoms with Crippen molar-refractivity contribution in [2.24, 2.45) is 0 Å². The van der Waals surface area contributed by atoms with Crippen LogP contribution < -0.4 is 0 Å². The lowest BCUT2D eigenvalue weighted by Crippen LogP contribution is -2.39. The van der Waals surface area contributed by atoms with E-state index >= 15 is 0 Å². The molecule has 0 radical (unpaired) electrons. The topological polar surface area (TPSA) is 64.2 Å². The highest BCUT2D eigenvalue weighted by Gasteiger charge is 2.29. The van der Waals surface area contributed by atoms with Crippen LogP contribution in [0.5, 0.6) is 0 Å². The van der Waals surface area contributed by atoms with Crippen molar-refractivity contribution in [2.75, 3.05) is 13.1 Å². The van der Waals surface area contributed by atoms with Crippen LogP contribution in [-0.4, -0.2) is 38.4 Å². The highest BCUT2D eigenvalue weighted by atomic mass is 16.3. The van der Waals surface area contributed by atoms with Crippen molar-refractivity contribution >= 4 is 5.91 Å². The third-order valence-electron chi connectivity index (χ3n) is 5.26. The summed E-state index contributed by atoms with van der Waals surface area (Å²) in [5, 5.41) is 0. The molecule has 0 spiro atoms. The van der Waals surface area contributed by atoms with Crippen molar-refractivity contribution in [1.82, 2.24) is 19.4 Å². The number of oxazole rings is 1. The second-order valence-electron chi connectivity index (χ2n) is 6.94. The van der Waals surface area contributed by atoms with Crippen LogP contribution in [0.25, 0.3) is 0 Å². The number of carbonyl (C=O) groups excluding carboxylic acids is 1. The maximum atomic E-state index is 12.7. The monoisotopic (exact) mass is 364 g/mol. The van der Waals surface area contributed by atoms with E-state index in [9.17, 15) is 4.79 Å². The van der Waals surface area contributed by atoms with Gasteiger partial charge in [0.2, 0.25) is 0 Å². The Labute approximate surface area is 158 Å². The molecule has 2 aromatic heterocycles. The fraction of sp³-hybridized carbons (Fsp3) is 0.381. The number of amides is 1. The van der Waals surface area contributed by atoms with Crippen LogP contribution in [0.15, 0.2) is 53.5 Å². The molecule has 0 aliphatic carbocycles. The van der Waals surface area contributed by atoms with Crippen LogP contribution in [0.1, 0.15) is 53.3 Å². The molecule has 0 saturated carbocycles. The molecule has 1 amide bonds. The van der Waals surface area contributed by atoms with E-state index in [4.69, 9.17) is 4.42 Å². The van der Waals surface area contributed by atoms with E-state index in [0.29, 0.717) is 23.8 Å². The molecule has 1 saturated heterocycles. The van der Waals surface area contributed by atoms with Gasteiger partial charge in [-0.1, -0.05) is 37.3 Å². The number of benzene rings is 1. The zero-order valence-electron chi connectivity index (χ0n) is 15.5. The molecule has 6 nitrogen and oxygen atoms in total. The molecule has 1 aromatic carbocycles. The second-order valence-corrected chi connectivity index (χ2v) is 6.94. The predicted octanol–water partition coefficient (Wildman–Crippen LogP) is 3.50. The lowest BCUT2D eigenvalue weighted by Gasteiger charge is -2.31. The summed E-state index contributed by atoms with van der Waals surface area (Å²) < 4.78 is 7.53. The highest BCUT2D eigenvalue weighted by Crippen LogP contribution is 2.28. The third-order valence-corrected chi connectivity index (χ3v) is 5.26. The van der Waals surface area contributed by atoms with E-state index in [1.165, 1.54) is 12.0 Å². The van der Waals surface area contributed by atoms with Gasteiger partial charge < -0.3 is 13.9 Å². The molecular weight excluding hydrogens is 340 g/mol. The van der Waals surface area contributed by atoms with Crippen LogP contribution in [0.2, 0.25) is 0 Å². The summed E-state index contributed by atoms with van der Waals surface area (Å²) in [5.74, 6) is 2.13. The number of aromatic nitrogens is 3. The summed E-state index contributed by atoms with van der Waals surface area (Å²) in [7, 11) is 0. The Morgan fingerprint density at radius 3 is 2.70 bits per heavy atom. The Morgan fingerprint density at radius 1 is 1.19 bits per heavy atom. The van der Waals surface area contributed by atoms with Gasteiger partial charge in [0.1, 0.15) is 11.6 Å². The fourth-order valence-electron chi connectivity index (χ4n) is 3.78. The average molecular weight is 364 g/mol. The standard InChI is InChI=1S/C21H24N4O2/c1-2-18-19(23-15-27-18)21(26)24-11-8-17(9-12-24)20-22-10-13-25(20)14-16-6-4-3-5-7-16/h3-7,10,13,15,17H,2,8-9,11-12,14H2,1H3. The molecule has 0 N–H and O–H groups in total. The Balaban J connectivity index is 1.41. The van der Waals surface area contributed by atoms with Gasteiger partial charge in [-0.05, 0) is 18.4 Å². The van der Waals surface area contributed by atoms with Crippen LogP contribution in [0.3, 0.4) is 0 Å². The Hall–Kier alpha value is -2.89. The normalized spacial score (nSPS) is 15.2. The highest BCUT2D eigenvalue weighted by molar-refractivity contribution is 5.93. The first-order valence-corrected chi connectivity index (χ1v) is 9.53. The van der Waals surface area contributed by atoms with E-state index < -0.39 is 0 Å². The van der Waals surface area contributed by atoms with E-state index in [2.05, 4.69) is 38.8 Å². The number of aryl methyl sites for hydroxylation is 1. The first-order chi connectivity index (χ1) is 13.3. The van der Waals surface area contributed by atoms with E-state index in [1.807, 2.05) is 30.3 Å². The minimum absolute atomic E-state index is 0.0216. The molecule has 1 aliphatic rings. The van der Waals surface area contributed by atoms with Crippen molar-refractivity contribution in [3.8, 4) is 0 Å². The SMILES string of the molecule is CCc1ocnc1C(=O)N1CCC(c2nccn2Cc2ccccc2)CC1. The number of nitrogens with zero attached hydrogens (tertiary/aromatic N) is 4.